The van der Waals surface area contributed by atoms with Crippen LogP contribution < -0.4 is 9.97 Å². The maximum atomic E-state index is 4.26. The first-order valence-electron chi connectivity index (χ1n) is 6.27. The number of hydrogen-bond acceptors (Lipinski definition) is 8. The molecule has 0 N–H and O–H groups in total. The Balaban J connectivity index is 0.00000135. The minimum Gasteiger partial charge on any atom is -0.365 e. The average molecular weight is 352 g/mol. The Morgan fingerprint density at radius 1 is 0.652 bits per heavy atom. The predicted octanol–water partition coefficient (Wildman–Crippen LogP) is -0.176. The van der Waals surface area contributed by atoms with E-state index < -0.39 is 0 Å². The minimum atomic E-state index is 0. The smallest absolute Gasteiger partial charge is 0.365 e. The number of hydrogen-bond donors (Lipinski definition) is 0. The largest absolute Gasteiger partial charge is 2.00 e. The molecule has 3 aliphatic heterocycles. The van der Waals surface area contributed by atoms with Crippen LogP contribution in [0.4, 0.5) is 11.6 Å². The monoisotopic (exact) mass is 351 g/mol. The summed E-state index contributed by atoms with van der Waals surface area (Å²) in [6.07, 6.45) is 6.08. The van der Waals surface area contributed by atoms with Crippen LogP contribution in [-0.4, -0.2) is 45.7 Å². The summed E-state index contributed by atoms with van der Waals surface area (Å²) in [5, 5.41) is 0. The van der Waals surface area contributed by atoms with E-state index in [1.807, 2.05) is 0 Å². The van der Waals surface area contributed by atoms with Crippen molar-refractivity contribution >= 4 is 47.4 Å². The van der Waals surface area contributed by atoms with E-state index in [0.717, 1.165) is 0 Å². The van der Waals surface area contributed by atoms with Gasteiger partial charge >= 0.3 is 17.1 Å². The molecule has 3 aliphatic rings. The molecule has 2 aromatic heterocycles. The fourth-order valence-electron chi connectivity index (χ4n) is 2.02. The van der Waals surface area contributed by atoms with Crippen LogP contribution in [-0.2, 0) is 17.1 Å². The Morgan fingerprint density at radius 2 is 1.13 bits per heavy atom. The van der Waals surface area contributed by atoms with Gasteiger partial charge in [-0.2, -0.15) is 0 Å². The van der Waals surface area contributed by atoms with E-state index >= 15 is 0 Å². The zero-order chi connectivity index (χ0) is 14.5. The van der Waals surface area contributed by atoms with Gasteiger partial charge in [0.1, 0.15) is 11.7 Å². The first kappa shape index (κ1) is 13.6. The van der Waals surface area contributed by atoms with Crippen LogP contribution in [0.3, 0.4) is 0 Å². The van der Waals surface area contributed by atoms with Crippen LogP contribution in [0.2, 0.25) is 0 Å². The third-order valence-electron chi connectivity index (χ3n) is 2.95. The Hall–Kier alpha value is -3.04. The number of amidine groups is 4. The molecule has 0 saturated carbocycles. The zero-order valence-electron chi connectivity index (χ0n) is 11.1. The van der Waals surface area contributed by atoms with Crippen molar-refractivity contribution in [3.05, 3.63) is 24.0 Å². The molecule has 1 radical (unpaired) electrons. The topological polar surface area (TPSA) is 128 Å². The van der Waals surface area contributed by atoms with Gasteiger partial charge in [-0.15, -0.1) is 0 Å². The van der Waals surface area contributed by atoms with Gasteiger partial charge in [0.15, 0.2) is 11.7 Å². The molecule has 5 rings (SSSR count). The molecule has 113 valence electrons. The normalized spacial score (nSPS) is 17.0. The quantitative estimate of drug-likeness (QED) is 0.610. The Kier molecular flexibility index (Phi) is 2.96. The molecule has 8 bridgehead atoms. The van der Waals surface area contributed by atoms with Crippen molar-refractivity contribution in [2.75, 3.05) is 0 Å². The summed E-state index contributed by atoms with van der Waals surface area (Å²) in [4.78, 5) is 42.1. The minimum absolute atomic E-state index is 0. The molecule has 23 heavy (non-hydrogen) atoms. The predicted molar refractivity (Wildman–Crippen MR) is 79.4 cm³/mol. The number of fused-ring (bicyclic) bond motifs is 8. The zero-order valence-corrected chi connectivity index (χ0v) is 12.0. The number of aromatic nitrogens is 4. The molecule has 0 spiro atoms. The van der Waals surface area contributed by atoms with Gasteiger partial charge in [0.05, 0.1) is 24.1 Å². The number of aliphatic imine (C=N–C) groups is 6. The van der Waals surface area contributed by atoms with Crippen molar-refractivity contribution in [3.8, 4) is 0 Å². The summed E-state index contributed by atoms with van der Waals surface area (Å²) in [7, 11) is 0. The summed E-state index contributed by atoms with van der Waals surface area (Å²) in [6.45, 7) is 0. The van der Waals surface area contributed by atoms with Gasteiger partial charge in [-0.3, -0.25) is 0 Å². The maximum Gasteiger partial charge on any atom is 2.00 e. The van der Waals surface area contributed by atoms with E-state index in [2.05, 4.69) is 49.9 Å². The summed E-state index contributed by atoms with van der Waals surface area (Å²) < 4.78 is 0. The van der Waals surface area contributed by atoms with Gasteiger partial charge in [-0.05, 0) is 12.4 Å². The van der Waals surface area contributed by atoms with Crippen LogP contribution in [0.1, 0.15) is 11.6 Å². The molecule has 0 amide bonds. The second-order valence-electron chi connectivity index (χ2n) is 4.43. The van der Waals surface area contributed by atoms with Crippen molar-refractivity contribution in [2.45, 2.75) is 0 Å². The van der Waals surface area contributed by atoms with Gasteiger partial charge in [0.25, 0.3) is 0 Å². The van der Waals surface area contributed by atoms with E-state index in [1.165, 1.54) is 24.8 Å². The van der Waals surface area contributed by atoms with E-state index in [9.17, 15) is 0 Å². The van der Waals surface area contributed by atoms with Gasteiger partial charge in [0.2, 0.25) is 0 Å². The first-order chi connectivity index (χ1) is 10.8. The van der Waals surface area contributed by atoms with E-state index in [0.29, 0.717) is 46.6 Å². The molecular formula is C12H4CuN10. The van der Waals surface area contributed by atoms with Crippen LogP contribution in [0.25, 0.3) is 0 Å². The van der Waals surface area contributed by atoms with Gasteiger partial charge in [-0.25, -0.2) is 20.0 Å². The standard InChI is InChI=1S/C12H4N10.Cu/c1-5-17-6-2-15-11(20-6)12-16-4-8(22-12)18-7-3-14-10(21-7)9(13-1)19-5;/h1-4H;/q-2;+2. The summed E-state index contributed by atoms with van der Waals surface area (Å²) >= 11 is 0. The van der Waals surface area contributed by atoms with Gasteiger partial charge in [-0.1, -0.05) is 0 Å². The van der Waals surface area contributed by atoms with Crippen molar-refractivity contribution in [3.63, 3.8) is 0 Å². The molecule has 0 unspecified atom stereocenters. The van der Waals surface area contributed by atoms with E-state index in [1.54, 1.807) is 0 Å². The maximum absolute atomic E-state index is 4.26. The fourth-order valence-corrected chi connectivity index (χ4v) is 2.02. The molecule has 0 aliphatic carbocycles. The van der Waals surface area contributed by atoms with Gasteiger partial charge in [0, 0.05) is 11.6 Å². The van der Waals surface area contributed by atoms with Crippen LogP contribution in [0, 0.1) is 0 Å². The molecule has 2 aromatic rings. The van der Waals surface area contributed by atoms with Crippen LogP contribution in [0.5, 0.6) is 0 Å². The average Bonchev–Trinajstić information content (AvgIpc) is 3.24. The molecule has 11 heteroatoms. The summed E-state index contributed by atoms with van der Waals surface area (Å²) in [5.74, 6) is 3.16. The molecule has 0 saturated heterocycles. The van der Waals surface area contributed by atoms with E-state index in [4.69, 9.17) is 0 Å². The third-order valence-corrected chi connectivity index (χ3v) is 2.95. The summed E-state index contributed by atoms with van der Waals surface area (Å²) in [5.41, 5.74) is 0. The SMILES string of the molecule is C1=NC2=NC1=Nc1cnc([n-]1)C1=NC(=Nc3cnc2[n-]3)C=N1.[Cu+2]. The molecular weight excluding hydrogens is 348 g/mol. The molecule has 0 fully saturated rings. The second-order valence-corrected chi connectivity index (χ2v) is 4.43. The van der Waals surface area contributed by atoms with Crippen molar-refractivity contribution in [1.82, 2.24) is 19.9 Å². The second kappa shape index (κ2) is 5.00. The number of nitrogens with zero attached hydrogens (tertiary/aromatic N) is 10. The Labute approximate surface area is 138 Å². The summed E-state index contributed by atoms with van der Waals surface area (Å²) in [6, 6.07) is 0. The molecule has 10 nitrogen and oxygen atoms in total. The van der Waals surface area contributed by atoms with Crippen LogP contribution in [0.15, 0.2) is 42.3 Å². The first-order valence-corrected chi connectivity index (χ1v) is 6.27. The molecule has 5 heterocycles. The van der Waals surface area contributed by atoms with Crippen molar-refractivity contribution in [2.24, 2.45) is 30.0 Å². The van der Waals surface area contributed by atoms with Crippen molar-refractivity contribution in [1.29, 1.82) is 0 Å². The number of rotatable bonds is 0. The molecule has 0 atom stereocenters. The molecule has 0 aromatic carbocycles. The van der Waals surface area contributed by atoms with E-state index in [-0.39, 0.29) is 17.1 Å². The Morgan fingerprint density at radius 3 is 1.61 bits per heavy atom. The fraction of sp³-hybridized carbons (Fsp3) is 0. The number of imidazole rings is 2. The Bertz CT molecular complexity index is 903. The van der Waals surface area contributed by atoms with Gasteiger partial charge < -0.3 is 29.9 Å². The van der Waals surface area contributed by atoms with Crippen LogP contribution >= 0.6 is 0 Å². The third kappa shape index (κ3) is 2.27. The van der Waals surface area contributed by atoms with Crippen molar-refractivity contribution < 1.29 is 17.1 Å².